The fourth-order valence-corrected chi connectivity index (χ4v) is 3.32. The maximum Gasteiger partial charge on any atom is 0.410 e. The number of nitrogens with zero attached hydrogens (tertiary/aromatic N) is 1. The molecule has 0 spiro atoms. The molecule has 1 aliphatic heterocycles. The topological polar surface area (TPSA) is 65.1 Å². The van der Waals surface area contributed by atoms with E-state index in [9.17, 15) is 9.59 Å². The molecule has 152 valence electrons. The van der Waals surface area contributed by atoms with Gasteiger partial charge in [-0.05, 0) is 44.7 Å². The predicted molar refractivity (Wildman–Crippen MR) is 111 cm³/mol. The van der Waals surface area contributed by atoms with Crippen LogP contribution in [0, 0.1) is 0 Å². The Bertz CT molecular complexity index is 660. The van der Waals surface area contributed by atoms with Gasteiger partial charge in [0.15, 0.2) is 0 Å². The van der Waals surface area contributed by atoms with E-state index < -0.39 is 11.6 Å². The van der Waals surface area contributed by atoms with Crippen molar-refractivity contribution in [3.05, 3.63) is 23.8 Å². The van der Waals surface area contributed by atoms with Crippen LogP contribution in [0.2, 0.25) is 0 Å². The Morgan fingerprint density at radius 2 is 2.00 bits per heavy atom. The van der Waals surface area contributed by atoms with E-state index in [0.29, 0.717) is 30.8 Å². The van der Waals surface area contributed by atoms with Crippen molar-refractivity contribution in [2.75, 3.05) is 26.0 Å². The maximum absolute atomic E-state index is 12.2. The Morgan fingerprint density at radius 3 is 2.59 bits per heavy atom. The van der Waals surface area contributed by atoms with Gasteiger partial charge in [0.05, 0.1) is 13.7 Å². The molecule has 0 bridgehead atoms. The van der Waals surface area contributed by atoms with Gasteiger partial charge in [-0.3, -0.25) is 0 Å². The summed E-state index contributed by atoms with van der Waals surface area (Å²) in [5, 5.41) is 0. The Kier molecular flexibility index (Phi) is 8.81. The molecule has 27 heavy (non-hydrogen) atoms. The van der Waals surface area contributed by atoms with Crippen LogP contribution >= 0.6 is 25.3 Å². The third-order valence-corrected chi connectivity index (χ3v) is 4.64. The quantitative estimate of drug-likeness (QED) is 0.533. The van der Waals surface area contributed by atoms with Crippen LogP contribution in [-0.2, 0) is 9.47 Å². The average molecular weight is 416 g/mol. The summed E-state index contributed by atoms with van der Waals surface area (Å²) in [7, 11) is 1.35. The second kappa shape index (κ2) is 10.1. The number of hydrogen-bond donors (Lipinski definition) is 0. The number of ether oxygens (including phenoxy) is 3. The molecule has 0 unspecified atom stereocenters. The van der Waals surface area contributed by atoms with Crippen molar-refractivity contribution in [2.45, 2.75) is 50.7 Å². The normalized spacial score (nSPS) is 16.5. The first-order chi connectivity index (χ1) is 12.2. The van der Waals surface area contributed by atoms with E-state index in [1.54, 1.807) is 22.7 Å². The van der Waals surface area contributed by atoms with Gasteiger partial charge in [0.25, 0.3) is 0 Å². The molecular weight excluding hydrogens is 386 g/mol. The lowest BCUT2D eigenvalue weighted by Crippen LogP contribution is -2.36. The van der Waals surface area contributed by atoms with Crippen molar-refractivity contribution in [1.82, 2.24) is 4.90 Å². The molecule has 0 aromatic heterocycles. The minimum atomic E-state index is -0.528. The summed E-state index contributed by atoms with van der Waals surface area (Å²) in [6.07, 6.45) is 0.158. The molecule has 1 heterocycles. The van der Waals surface area contributed by atoms with Crippen molar-refractivity contribution < 1.29 is 23.8 Å². The number of hydrogen-bond acceptors (Lipinski definition) is 6. The smallest absolute Gasteiger partial charge is 0.410 e. The van der Waals surface area contributed by atoms with Crippen LogP contribution in [0.25, 0.3) is 0 Å². The number of likely N-dealkylation sites (tertiary alicyclic amines) is 1. The molecule has 1 amide bonds. The number of benzene rings is 1. The largest absolute Gasteiger partial charge is 0.488 e. The van der Waals surface area contributed by atoms with Gasteiger partial charge in [-0.25, -0.2) is 9.59 Å². The Morgan fingerprint density at radius 1 is 1.30 bits per heavy atom. The summed E-state index contributed by atoms with van der Waals surface area (Å²) in [5.74, 6) is 0.980. The molecule has 0 saturated carbocycles. The van der Waals surface area contributed by atoms with Gasteiger partial charge in [-0.1, -0.05) is 6.92 Å². The number of carbonyl (C=O) groups is 2. The summed E-state index contributed by atoms with van der Waals surface area (Å²) < 4.78 is 16.3. The van der Waals surface area contributed by atoms with Crippen LogP contribution in [0.4, 0.5) is 4.79 Å². The highest BCUT2D eigenvalue weighted by Crippen LogP contribution is 2.29. The molecule has 0 radical (unpaired) electrons. The van der Waals surface area contributed by atoms with Gasteiger partial charge >= 0.3 is 12.1 Å². The molecule has 6 nitrogen and oxygen atoms in total. The highest BCUT2D eigenvalue weighted by molar-refractivity contribution is 7.99. The third-order valence-electron chi connectivity index (χ3n) is 3.76. The lowest BCUT2D eigenvalue weighted by Gasteiger charge is -2.24. The minimum absolute atomic E-state index is 0. The summed E-state index contributed by atoms with van der Waals surface area (Å²) in [4.78, 5) is 26.9. The van der Waals surface area contributed by atoms with E-state index in [-0.39, 0.29) is 25.7 Å². The van der Waals surface area contributed by atoms with Crippen molar-refractivity contribution in [3.63, 3.8) is 0 Å². The number of rotatable bonds is 5. The highest BCUT2D eigenvalue weighted by atomic mass is 32.2. The van der Waals surface area contributed by atoms with E-state index in [1.165, 1.54) is 7.11 Å². The summed E-state index contributed by atoms with van der Waals surface area (Å²) in [5.41, 5.74) is -0.136. The molecular formula is C19H29NO5S2. The Hall–Kier alpha value is -1.54. The third kappa shape index (κ3) is 6.84. The molecule has 1 aliphatic rings. The minimum Gasteiger partial charge on any atom is -0.488 e. The Labute approximate surface area is 172 Å². The maximum atomic E-state index is 12.2. The van der Waals surface area contributed by atoms with Crippen molar-refractivity contribution in [1.29, 1.82) is 0 Å². The second-order valence-corrected chi connectivity index (χ2v) is 8.37. The highest BCUT2D eigenvalue weighted by Gasteiger charge is 2.31. The summed E-state index contributed by atoms with van der Waals surface area (Å²) in [6.45, 7) is 8.59. The lowest BCUT2D eigenvalue weighted by molar-refractivity contribution is 0.0274. The van der Waals surface area contributed by atoms with Crippen molar-refractivity contribution in [3.8, 4) is 5.75 Å². The first kappa shape index (κ1) is 23.5. The molecule has 1 aromatic carbocycles. The first-order valence-corrected chi connectivity index (χ1v) is 9.71. The zero-order chi connectivity index (χ0) is 19.3. The summed E-state index contributed by atoms with van der Waals surface area (Å²) in [6, 6.07) is 5.46. The lowest BCUT2D eigenvalue weighted by atomic mass is 10.2. The average Bonchev–Trinajstić information content (AvgIpc) is 3.02. The zero-order valence-electron chi connectivity index (χ0n) is 16.5. The number of amides is 1. The fourth-order valence-electron chi connectivity index (χ4n) is 2.63. The molecule has 8 heteroatoms. The number of carbonyl (C=O) groups excluding carboxylic acids is 2. The van der Waals surface area contributed by atoms with Gasteiger partial charge < -0.3 is 19.1 Å². The van der Waals surface area contributed by atoms with Gasteiger partial charge in [0, 0.05) is 17.9 Å². The summed E-state index contributed by atoms with van der Waals surface area (Å²) >= 11 is 1.67. The molecule has 1 atom stereocenters. The molecule has 0 aliphatic carbocycles. The van der Waals surface area contributed by atoms with Crippen LogP contribution in [0.1, 0.15) is 44.5 Å². The van der Waals surface area contributed by atoms with Crippen LogP contribution in [-0.4, -0.2) is 54.6 Å². The Balaban J connectivity index is 0.00000364. The van der Waals surface area contributed by atoms with E-state index in [2.05, 4.69) is 6.92 Å². The van der Waals surface area contributed by atoms with Gasteiger partial charge in [0.1, 0.15) is 23.0 Å². The molecule has 1 fully saturated rings. The first-order valence-electron chi connectivity index (χ1n) is 8.73. The molecule has 1 saturated heterocycles. The van der Waals surface area contributed by atoms with Crippen molar-refractivity contribution >= 4 is 37.3 Å². The van der Waals surface area contributed by atoms with Crippen LogP contribution < -0.4 is 4.74 Å². The van der Waals surface area contributed by atoms with Gasteiger partial charge in [-0.2, -0.15) is 13.5 Å². The SMILES string of the molecule is CCSc1ccc(C(=O)OC)c(O[C@H]2CCN(C(=O)OC(C)(C)C)C2)c1.S. The number of methoxy groups -OCH3 is 1. The molecule has 0 N–H and O–H groups in total. The predicted octanol–water partition coefficient (Wildman–Crippen LogP) is 4.09. The molecule has 1 aromatic rings. The fraction of sp³-hybridized carbons (Fsp3) is 0.579. The number of esters is 1. The zero-order valence-corrected chi connectivity index (χ0v) is 18.4. The van der Waals surface area contributed by atoms with Crippen LogP contribution in [0.3, 0.4) is 0 Å². The van der Waals surface area contributed by atoms with Crippen LogP contribution in [0.15, 0.2) is 23.1 Å². The van der Waals surface area contributed by atoms with E-state index in [1.807, 2.05) is 32.9 Å². The molecule has 2 rings (SSSR count). The van der Waals surface area contributed by atoms with Crippen molar-refractivity contribution in [2.24, 2.45) is 0 Å². The van der Waals surface area contributed by atoms with E-state index in [0.717, 1.165) is 10.6 Å². The second-order valence-electron chi connectivity index (χ2n) is 7.04. The van der Waals surface area contributed by atoms with Gasteiger partial charge in [-0.15, -0.1) is 11.8 Å². The standard InChI is InChI=1S/C19H27NO5S.H2S/c1-6-26-14-7-8-15(17(21)23-5)16(11-14)24-13-9-10-20(12-13)18(22)25-19(2,3)4;/h7-8,11,13H,6,9-10,12H2,1-5H3;1H2/t13-;/m0./s1. The van der Waals surface area contributed by atoms with Crippen LogP contribution in [0.5, 0.6) is 5.75 Å². The van der Waals surface area contributed by atoms with E-state index in [4.69, 9.17) is 14.2 Å². The van der Waals surface area contributed by atoms with E-state index >= 15 is 0 Å². The monoisotopic (exact) mass is 415 g/mol. The van der Waals surface area contributed by atoms with Gasteiger partial charge in [0.2, 0.25) is 0 Å². The number of thioether (sulfide) groups is 1.